The van der Waals surface area contributed by atoms with Crippen LogP contribution in [0.4, 0.5) is 10.5 Å². The molecule has 0 aliphatic carbocycles. The molecule has 1 aliphatic heterocycles. The van der Waals surface area contributed by atoms with Gasteiger partial charge >= 0.3 is 12.0 Å². The van der Waals surface area contributed by atoms with Crippen molar-refractivity contribution in [3.63, 3.8) is 0 Å². The van der Waals surface area contributed by atoms with Crippen LogP contribution >= 0.6 is 11.6 Å². The van der Waals surface area contributed by atoms with Gasteiger partial charge in [0, 0.05) is 24.8 Å². The Kier molecular flexibility index (Phi) is 5.10. The van der Waals surface area contributed by atoms with Crippen LogP contribution in [0.5, 0.6) is 0 Å². The summed E-state index contributed by atoms with van der Waals surface area (Å²) < 4.78 is 0. The quantitative estimate of drug-likeness (QED) is 0.856. The fourth-order valence-corrected chi connectivity index (χ4v) is 2.55. The van der Waals surface area contributed by atoms with Crippen LogP contribution < -0.4 is 10.2 Å². The number of hydrogen-bond donors (Lipinski definition) is 2. The first kappa shape index (κ1) is 17.1. The van der Waals surface area contributed by atoms with E-state index in [1.165, 1.54) is 21.9 Å². The monoisotopic (exact) mass is 339 g/mol. The highest BCUT2D eigenvalue weighted by Gasteiger charge is 2.26. The first-order valence-corrected chi connectivity index (χ1v) is 7.56. The smallest absolute Gasteiger partial charge is 0.323 e. The first-order valence-electron chi connectivity index (χ1n) is 7.19. The highest BCUT2D eigenvalue weighted by molar-refractivity contribution is 6.34. The number of carboxylic acid groups (broad SMARTS) is 1. The lowest BCUT2D eigenvalue weighted by Gasteiger charge is -2.26. The van der Waals surface area contributed by atoms with Gasteiger partial charge in [0.05, 0.1) is 10.6 Å². The normalized spacial score (nSPS) is 14.1. The van der Waals surface area contributed by atoms with Crippen molar-refractivity contribution < 1.29 is 19.5 Å². The van der Waals surface area contributed by atoms with E-state index in [2.05, 4.69) is 5.32 Å². The van der Waals surface area contributed by atoms with Gasteiger partial charge < -0.3 is 15.3 Å². The number of hydrogen-bond acceptors (Lipinski definition) is 3. The number of halogens is 1. The summed E-state index contributed by atoms with van der Waals surface area (Å²) in [5.41, 5.74) is 0.727. The summed E-state index contributed by atoms with van der Waals surface area (Å²) in [6.07, 6.45) is 0. The van der Waals surface area contributed by atoms with E-state index in [1.807, 2.05) is 0 Å². The van der Waals surface area contributed by atoms with Crippen LogP contribution in [-0.2, 0) is 4.79 Å². The predicted molar refractivity (Wildman–Crippen MR) is 86.0 cm³/mol. The van der Waals surface area contributed by atoms with Crippen LogP contribution in [0, 0.1) is 0 Å². The summed E-state index contributed by atoms with van der Waals surface area (Å²) in [5, 5.41) is 11.9. The molecule has 2 rings (SSSR count). The van der Waals surface area contributed by atoms with Gasteiger partial charge in [-0.25, -0.2) is 4.79 Å². The number of rotatable bonds is 5. The Balaban J connectivity index is 2.35. The molecule has 1 aliphatic rings. The van der Waals surface area contributed by atoms with E-state index in [-0.39, 0.29) is 22.7 Å². The fraction of sp³-hybridized carbons (Fsp3) is 0.400. The zero-order valence-electron chi connectivity index (χ0n) is 12.9. The fourth-order valence-electron chi connectivity index (χ4n) is 2.35. The van der Waals surface area contributed by atoms with Crippen molar-refractivity contribution in [3.8, 4) is 0 Å². The van der Waals surface area contributed by atoms with Gasteiger partial charge in [0.2, 0.25) is 0 Å². The Morgan fingerprint density at radius 1 is 1.43 bits per heavy atom. The van der Waals surface area contributed by atoms with E-state index in [4.69, 9.17) is 16.7 Å². The van der Waals surface area contributed by atoms with Crippen LogP contribution in [0.3, 0.4) is 0 Å². The lowest BCUT2D eigenvalue weighted by molar-refractivity contribution is -0.138. The van der Waals surface area contributed by atoms with Gasteiger partial charge in [-0.1, -0.05) is 11.6 Å². The maximum Gasteiger partial charge on any atom is 0.323 e. The van der Waals surface area contributed by atoms with Gasteiger partial charge in [0.1, 0.15) is 6.54 Å². The predicted octanol–water partition coefficient (Wildman–Crippen LogP) is 1.80. The third kappa shape index (κ3) is 3.73. The van der Waals surface area contributed by atoms with Gasteiger partial charge in [-0.2, -0.15) is 0 Å². The molecule has 1 aromatic carbocycles. The number of carbonyl (C=O) groups excluding carboxylic acids is 2. The molecule has 0 spiro atoms. The molecule has 1 aromatic rings. The maximum atomic E-state index is 12.7. The lowest BCUT2D eigenvalue weighted by Crippen LogP contribution is -2.40. The molecule has 124 valence electrons. The standard InChI is InChI=1S/C15H18ClN3O4/c1-9(2)19(8-13(20)21)14(22)11-7-10(3-4-12(11)16)18-6-5-17-15(18)23/h3-4,7,9H,5-6,8H2,1-2H3,(H,17,23)(H,20,21). The Labute approximate surface area is 138 Å². The number of carbonyl (C=O) groups is 3. The van der Waals surface area contributed by atoms with E-state index in [0.29, 0.717) is 18.8 Å². The van der Waals surface area contributed by atoms with Crippen molar-refractivity contribution in [1.29, 1.82) is 0 Å². The molecule has 3 amide bonds. The van der Waals surface area contributed by atoms with Crippen molar-refractivity contribution in [3.05, 3.63) is 28.8 Å². The van der Waals surface area contributed by atoms with Gasteiger partial charge in [-0.3, -0.25) is 14.5 Å². The third-order valence-corrected chi connectivity index (χ3v) is 3.87. The van der Waals surface area contributed by atoms with E-state index in [0.717, 1.165) is 0 Å². The van der Waals surface area contributed by atoms with E-state index < -0.39 is 18.4 Å². The minimum atomic E-state index is -1.10. The van der Waals surface area contributed by atoms with Crippen LogP contribution in [0.1, 0.15) is 24.2 Å². The van der Waals surface area contributed by atoms with Crippen molar-refractivity contribution >= 4 is 35.2 Å². The average molecular weight is 340 g/mol. The highest BCUT2D eigenvalue weighted by atomic mass is 35.5. The van der Waals surface area contributed by atoms with Crippen molar-refractivity contribution in [2.75, 3.05) is 24.5 Å². The number of amides is 3. The maximum absolute atomic E-state index is 12.7. The molecule has 1 saturated heterocycles. The minimum absolute atomic E-state index is 0.179. The number of urea groups is 1. The van der Waals surface area contributed by atoms with Gasteiger partial charge in [-0.15, -0.1) is 0 Å². The molecule has 0 saturated carbocycles. The summed E-state index contributed by atoms with van der Waals surface area (Å²) in [7, 11) is 0. The number of nitrogens with one attached hydrogen (secondary N) is 1. The van der Waals surface area contributed by atoms with Crippen LogP contribution in [-0.4, -0.2) is 53.6 Å². The SMILES string of the molecule is CC(C)N(CC(=O)O)C(=O)c1cc(N2CCNC2=O)ccc1Cl. The number of anilines is 1. The van der Waals surface area contributed by atoms with Crippen molar-refractivity contribution in [1.82, 2.24) is 10.2 Å². The Hall–Kier alpha value is -2.28. The first-order chi connectivity index (χ1) is 10.8. The van der Waals surface area contributed by atoms with Crippen molar-refractivity contribution in [2.24, 2.45) is 0 Å². The topological polar surface area (TPSA) is 90.0 Å². The molecular weight excluding hydrogens is 322 g/mol. The zero-order valence-corrected chi connectivity index (χ0v) is 13.6. The second kappa shape index (κ2) is 6.87. The Bertz CT molecular complexity index is 648. The molecule has 8 heteroatoms. The second-order valence-electron chi connectivity index (χ2n) is 5.47. The van der Waals surface area contributed by atoms with E-state index in [9.17, 15) is 14.4 Å². The van der Waals surface area contributed by atoms with Gasteiger partial charge in [-0.05, 0) is 32.0 Å². The third-order valence-electron chi connectivity index (χ3n) is 3.54. The molecule has 0 atom stereocenters. The molecule has 2 N–H and O–H groups in total. The summed E-state index contributed by atoms with van der Waals surface area (Å²) in [4.78, 5) is 38.1. The molecular formula is C15H18ClN3O4. The molecule has 0 radical (unpaired) electrons. The number of aliphatic carboxylic acids is 1. The van der Waals surface area contributed by atoms with Crippen LogP contribution in [0.25, 0.3) is 0 Å². The molecule has 0 bridgehead atoms. The molecule has 1 fully saturated rings. The van der Waals surface area contributed by atoms with E-state index in [1.54, 1.807) is 19.9 Å². The molecule has 0 aromatic heterocycles. The number of carboxylic acids is 1. The molecule has 0 unspecified atom stereocenters. The van der Waals surface area contributed by atoms with Gasteiger partial charge in [0.25, 0.3) is 5.91 Å². The highest BCUT2D eigenvalue weighted by Crippen LogP contribution is 2.26. The number of nitrogens with zero attached hydrogens (tertiary/aromatic N) is 2. The minimum Gasteiger partial charge on any atom is -0.480 e. The van der Waals surface area contributed by atoms with Crippen LogP contribution in [0.15, 0.2) is 18.2 Å². The summed E-state index contributed by atoms with van der Waals surface area (Å²) >= 11 is 6.11. The Morgan fingerprint density at radius 2 is 2.13 bits per heavy atom. The largest absolute Gasteiger partial charge is 0.480 e. The summed E-state index contributed by atoms with van der Waals surface area (Å²) in [6.45, 7) is 4.07. The van der Waals surface area contributed by atoms with Crippen LogP contribution in [0.2, 0.25) is 5.02 Å². The zero-order chi connectivity index (χ0) is 17.1. The molecule has 23 heavy (non-hydrogen) atoms. The molecule has 1 heterocycles. The summed E-state index contributed by atoms with van der Waals surface area (Å²) in [6, 6.07) is 4.17. The number of benzene rings is 1. The summed E-state index contributed by atoms with van der Waals surface area (Å²) in [5.74, 6) is -1.58. The lowest BCUT2D eigenvalue weighted by atomic mass is 10.1. The van der Waals surface area contributed by atoms with E-state index >= 15 is 0 Å². The van der Waals surface area contributed by atoms with Gasteiger partial charge in [0.15, 0.2) is 0 Å². The Morgan fingerprint density at radius 3 is 2.65 bits per heavy atom. The molecule has 7 nitrogen and oxygen atoms in total. The second-order valence-corrected chi connectivity index (χ2v) is 5.88. The average Bonchev–Trinajstić information content (AvgIpc) is 2.90. The van der Waals surface area contributed by atoms with Crippen molar-refractivity contribution in [2.45, 2.75) is 19.9 Å².